The molecule has 1 aromatic carbocycles. The zero-order valence-electron chi connectivity index (χ0n) is 10.8. The Hall–Kier alpha value is -0.580. The van der Waals surface area contributed by atoms with Gasteiger partial charge in [0.15, 0.2) is 0 Å². The van der Waals surface area contributed by atoms with E-state index in [1.807, 2.05) is 12.1 Å². The lowest BCUT2D eigenvalue weighted by Gasteiger charge is -2.38. The van der Waals surface area contributed by atoms with Gasteiger partial charge >= 0.3 is 0 Å². The van der Waals surface area contributed by atoms with E-state index in [0.29, 0.717) is 6.04 Å². The van der Waals surface area contributed by atoms with E-state index in [4.69, 9.17) is 10.5 Å². The maximum Gasteiger partial charge on any atom is 0.125 e. The van der Waals surface area contributed by atoms with Crippen molar-refractivity contribution in [1.29, 1.82) is 0 Å². The van der Waals surface area contributed by atoms with E-state index in [1.54, 1.807) is 0 Å². The molecule has 2 aliphatic heterocycles. The number of ether oxygens (including phenoxy) is 1. The van der Waals surface area contributed by atoms with Gasteiger partial charge in [0.05, 0.1) is 0 Å². The van der Waals surface area contributed by atoms with Crippen molar-refractivity contribution >= 4 is 15.9 Å². The molecule has 4 heteroatoms. The number of nitrogens with two attached hydrogens (primary N) is 1. The molecule has 1 aromatic rings. The Morgan fingerprint density at radius 2 is 2.22 bits per heavy atom. The second kappa shape index (κ2) is 4.22. The molecule has 3 rings (SSSR count). The van der Waals surface area contributed by atoms with Gasteiger partial charge in [0.2, 0.25) is 0 Å². The normalized spacial score (nSPS) is 35.6. The van der Waals surface area contributed by atoms with E-state index in [1.165, 1.54) is 0 Å². The molecule has 3 nitrogen and oxygen atoms in total. The van der Waals surface area contributed by atoms with E-state index in [0.717, 1.165) is 35.2 Å². The molecule has 0 aliphatic carbocycles. The number of rotatable bonds is 0. The van der Waals surface area contributed by atoms with Crippen molar-refractivity contribution in [3.05, 3.63) is 28.2 Å². The number of hydrogen-bond donors (Lipinski definition) is 1. The largest absolute Gasteiger partial charge is 0.485 e. The molecule has 0 bridgehead atoms. The first-order chi connectivity index (χ1) is 8.49. The summed E-state index contributed by atoms with van der Waals surface area (Å²) in [6.07, 6.45) is 1.97. The number of hydrogen-bond acceptors (Lipinski definition) is 3. The van der Waals surface area contributed by atoms with Crippen LogP contribution in [0.15, 0.2) is 22.7 Å². The molecule has 2 unspecified atom stereocenters. The Morgan fingerprint density at radius 1 is 1.44 bits per heavy atom. The molecule has 2 N–H and O–H groups in total. The molecule has 0 amide bonds. The number of halogens is 1. The highest BCUT2D eigenvalue weighted by molar-refractivity contribution is 9.10. The lowest BCUT2D eigenvalue weighted by molar-refractivity contribution is 0.0463. The number of benzene rings is 1. The standard InChI is InChI=1S/C14H19BrN2O/c1-9-6-14(8-17(9)2)7-12(16)11-5-10(15)3-4-13(11)18-14/h3-5,9,12H,6-8,16H2,1-2H3/t9?,12-,14?/m0/s1. The molecule has 1 spiro atoms. The second-order valence-corrected chi connectivity index (χ2v) is 6.66. The number of fused-ring (bicyclic) bond motifs is 1. The molecule has 0 saturated carbocycles. The topological polar surface area (TPSA) is 38.5 Å². The minimum absolute atomic E-state index is 0.0740. The maximum atomic E-state index is 6.34. The van der Waals surface area contributed by atoms with Gasteiger partial charge in [-0.1, -0.05) is 15.9 Å². The predicted molar refractivity (Wildman–Crippen MR) is 75.8 cm³/mol. The Kier molecular flexibility index (Phi) is 2.92. The average Bonchev–Trinajstić information content (AvgIpc) is 2.55. The van der Waals surface area contributed by atoms with E-state index >= 15 is 0 Å². The molecule has 2 aliphatic rings. The summed E-state index contributed by atoms with van der Waals surface area (Å²) in [7, 11) is 2.16. The van der Waals surface area contributed by atoms with Crippen LogP contribution in [0, 0.1) is 0 Å². The van der Waals surface area contributed by atoms with Gasteiger partial charge in [-0.25, -0.2) is 0 Å². The van der Waals surface area contributed by atoms with Crippen molar-refractivity contribution in [3.8, 4) is 5.75 Å². The third-order valence-electron chi connectivity index (χ3n) is 4.25. The smallest absolute Gasteiger partial charge is 0.125 e. The Labute approximate surface area is 116 Å². The van der Waals surface area contributed by atoms with Crippen LogP contribution in [-0.2, 0) is 0 Å². The van der Waals surface area contributed by atoms with Crippen LogP contribution in [0.1, 0.15) is 31.4 Å². The Morgan fingerprint density at radius 3 is 2.89 bits per heavy atom. The minimum Gasteiger partial charge on any atom is -0.485 e. The predicted octanol–water partition coefficient (Wildman–Crippen LogP) is 2.69. The molecular weight excluding hydrogens is 292 g/mol. The lowest BCUT2D eigenvalue weighted by atomic mass is 9.86. The van der Waals surface area contributed by atoms with E-state index < -0.39 is 0 Å². The summed E-state index contributed by atoms with van der Waals surface area (Å²) in [4.78, 5) is 2.36. The summed E-state index contributed by atoms with van der Waals surface area (Å²) < 4.78 is 7.37. The van der Waals surface area contributed by atoms with Gasteiger partial charge in [-0.05, 0) is 32.2 Å². The molecule has 1 saturated heterocycles. The lowest BCUT2D eigenvalue weighted by Crippen LogP contribution is -2.44. The zero-order chi connectivity index (χ0) is 12.9. The quantitative estimate of drug-likeness (QED) is 0.800. The summed E-state index contributed by atoms with van der Waals surface area (Å²) in [5.74, 6) is 0.958. The highest BCUT2D eigenvalue weighted by atomic mass is 79.9. The summed E-state index contributed by atoms with van der Waals surface area (Å²) in [5, 5.41) is 0. The van der Waals surface area contributed by atoms with Gasteiger partial charge in [0.25, 0.3) is 0 Å². The zero-order valence-corrected chi connectivity index (χ0v) is 12.4. The van der Waals surface area contributed by atoms with Crippen LogP contribution < -0.4 is 10.5 Å². The summed E-state index contributed by atoms with van der Waals surface area (Å²) >= 11 is 3.49. The number of likely N-dealkylation sites (tertiary alicyclic amines) is 1. The van der Waals surface area contributed by atoms with Crippen molar-refractivity contribution in [1.82, 2.24) is 4.90 Å². The van der Waals surface area contributed by atoms with Crippen molar-refractivity contribution < 1.29 is 4.74 Å². The van der Waals surface area contributed by atoms with Gasteiger partial charge in [0.1, 0.15) is 11.4 Å². The monoisotopic (exact) mass is 310 g/mol. The van der Waals surface area contributed by atoms with Crippen molar-refractivity contribution in [2.45, 2.75) is 37.5 Å². The number of likely N-dealkylation sites (N-methyl/N-ethyl adjacent to an activating group) is 1. The molecule has 2 heterocycles. The van der Waals surface area contributed by atoms with Gasteiger partial charge < -0.3 is 10.5 Å². The molecule has 3 atom stereocenters. The van der Waals surface area contributed by atoms with Crippen molar-refractivity contribution in [2.75, 3.05) is 13.6 Å². The van der Waals surface area contributed by atoms with E-state index in [9.17, 15) is 0 Å². The minimum atomic E-state index is -0.0889. The molecular formula is C14H19BrN2O. The fourth-order valence-electron chi connectivity index (χ4n) is 3.28. The third-order valence-corrected chi connectivity index (χ3v) is 4.74. The highest BCUT2D eigenvalue weighted by Crippen LogP contribution is 2.44. The summed E-state index contributed by atoms with van der Waals surface area (Å²) in [6, 6.07) is 6.77. The summed E-state index contributed by atoms with van der Waals surface area (Å²) in [5.41, 5.74) is 7.37. The second-order valence-electron chi connectivity index (χ2n) is 5.75. The molecule has 0 aromatic heterocycles. The van der Waals surface area contributed by atoms with Crippen LogP contribution in [0.2, 0.25) is 0 Å². The van der Waals surface area contributed by atoms with E-state index in [2.05, 4.69) is 40.9 Å². The van der Waals surface area contributed by atoms with Crippen LogP contribution in [0.3, 0.4) is 0 Å². The number of nitrogens with zero attached hydrogens (tertiary/aromatic N) is 1. The SMILES string of the molecule is CC1CC2(C[C@H](N)c3cc(Br)ccc3O2)CN1C. The van der Waals surface area contributed by atoms with E-state index in [-0.39, 0.29) is 11.6 Å². The van der Waals surface area contributed by atoms with Crippen LogP contribution in [0.4, 0.5) is 0 Å². The third kappa shape index (κ3) is 1.96. The summed E-state index contributed by atoms with van der Waals surface area (Å²) in [6.45, 7) is 3.22. The maximum absolute atomic E-state index is 6.34. The molecule has 98 valence electrons. The van der Waals surface area contributed by atoms with Gasteiger partial charge in [-0.15, -0.1) is 0 Å². The molecule has 1 fully saturated rings. The van der Waals surface area contributed by atoms with Crippen LogP contribution in [0.5, 0.6) is 5.75 Å². The van der Waals surface area contributed by atoms with Crippen LogP contribution in [-0.4, -0.2) is 30.1 Å². The van der Waals surface area contributed by atoms with Gasteiger partial charge in [0, 0.05) is 41.5 Å². The molecule has 18 heavy (non-hydrogen) atoms. The first-order valence-corrected chi connectivity index (χ1v) is 7.23. The van der Waals surface area contributed by atoms with Crippen molar-refractivity contribution in [3.63, 3.8) is 0 Å². The van der Waals surface area contributed by atoms with Crippen LogP contribution in [0.25, 0.3) is 0 Å². The highest BCUT2D eigenvalue weighted by Gasteiger charge is 2.46. The first kappa shape index (κ1) is 12.5. The van der Waals surface area contributed by atoms with Gasteiger partial charge in [-0.2, -0.15) is 0 Å². The van der Waals surface area contributed by atoms with Crippen molar-refractivity contribution in [2.24, 2.45) is 5.73 Å². The van der Waals surface area contributed by atoms with Crippen LogP contribution >= 0.6 is 15.9 Å². The average molecular weight is 311 g/mol. The fourth-order valence-corrected chi connectivity index (χ4v) is 3.66. The first-order valence-electron chi connectivity index (χ1n) is 6.43. The van der Waals surface area contributed by atoms with Gasteiger partial charge in [-0.3, -0.25) is 4.90 Å². The Balaban J connectivity index is 1.95. The molecule has 0 radical (unpaired) electrons. The Bertz CT molecular complexity index is 467. The fraction of sp³-hybridized carbons (Fsp3) is 0.571.